The van der Waals surface area contributed by atoms with Gasteiger partial charge in [-0.3, -0.25) is 4.79 Å². The van der Waals surface area contributed by atoms with E-state index in [4.69, 9.17) is 0 Å². The molecule has 2 rings (SSSR count). The van der Waals surface area contributed by atoms with Crippen LogP contribution in [0.2, 0.25) is 0 Å². The number of nitrogens with zero attached hydrogens (tertiary/aromatic N) is 2. The molecule has 0 aliphatic heterocycles. The molecule has 0 atom stereocenters. The van der Waals surface area contributed by atoms with E-state index in [2.05, 4.69) is 10.3 Å². The lowest BCUT2D eigenvalue weighted by atomic mass is 10.1. The molecule has 0 aliphatic rings. The Hall–Kier alpha value is -2.36. The van der Waals surface area contributed by atoms with Gasteiger partial charge < -0.3 is 10.2 Å². The van der Waals surface area contributed by atoms with E-state index >= 15 is 0 Å². The molecule has 4 heteroatoms. The summed E-state index contributed by atoms with van der Waals surface area (Å²) >= 11 is 0. The Bertz CT molecular complexity index is 579. The van der Waals surface area contributed by atoms with Crippen molar-refractivity contribution in [3.05, 3.63) is 59.8 Å². The van der Waals surface area contributed by atoms with Crippen LogP contribution in [0.4, 0.5) is 5.82 Å². The van der Waals surface area contributed by atoms with Gasteiger partial charge >= 0.3 is 0 Å². The zero-order chi connectivity index (χ0) is 15.2. The van der Waals surface area contributed by atoms with Gasteiger partial charge in [-0.25, -0.2) is 4.98 Å². The van der Waals surface area contributed by atoms with Crippen LogP contribution in [0.3, 0.4) is 0 Å². The second kappa shape index (κ2) is 6.88. The van der Waals surface area contributed by atoms with Gasteiger partial charge in [-0.1, -0.05) is 30.3 Å². The molecule has 1 aromatic heterocycles. The minimum Gasteiger partial charge on any atom is -0.373 e. The van der Waals surface area contributed by atoms with Crippen LogP contribution in [0.15, 0.2) is 48.7 Å². The van der Waals surface area contributed by atoms with Gasteiger partial charge in [0.2, 0.25) is 0 Å². The lowest BCUT2D eigenvalue weighted by Crippen LogP contribution is -2.36. The Morgan fingerprint density at radius 2 is 1.90 bits per heavy atom. The summed E-state index contributed by atoms with van der Waals surface area (Å²) in [4.78, 5) is 18.7. The van der Waals surface area contributed by atoms with E-state index < -0.39 is 0 Å². The smallest absolute Gasteiger partial charge is 0.255 e. The third-order valence-electron chi connectivity index (χ3n) is 3.35. The molecule has 0 aliphatic carbocycles. The fraction of sp³-hybridized carbons (Fsp3) is 0.294. The van der Waals surface area contributed by atoms with Crippen LogP contribution in [0.1, 0.15) is 29.8 Å². The maximum Gasteiger partial charge on any atom is 0.255 e. The van der Waals surface area contributed by atoms with Crippen molar-refractivity contribution in [1.29, 1.82) is 0 Å². The number of hydrogen-bond acceptors (Lipinski definition) is 3. The molecule has 1 N–H and O–H groups in total. The fourth-order valence-electron chi connectivity index (χ4n) is 2.10. The second-order valence-corrected chi connectivity index (χ2v) is 5.19. The maximum atomic E-state index is 12.7. The number of nitrogens with one attached hydrogen (secondary N) is 1. The zero-order valence-corrected chi connectivity index (χ0v) is 12.7. The van der Waals surface area contributed by atoms with Crippen molar-refractivity contribution >= 4 is 11.7 Å². The van der Waals surface area contributed by atoms with Crippen LogP contribution >= 0.6 is 0 Å². The van der Waals surface area contributed by atoms with Crippen molar-refractivity contribution < 1.29 is 4.79 Å². The summed E-state index contributed by atoms with van der Waals surface area (Å²) in [6.45, 7) is 4.65. The van der Waals surface area contributed by atoms with E-state index in [-0.39, 0.29) is 11.9 Å². The van der Waals surface area contributed by atoms with Gasteiger partial charge in [0.1, 0.15) is 5.82 Å². The number of carbonyl (C=O) groups is 1. The first-order chi connectivity index (χ1) is 10.1. The molecule has 0 fully saturated rings. The first kappa shape index (κ1) is 15.0. The van der Waals surface area contributed by atoms with E-state index in [1.165, 1.54) is 0 Å². The van der Waals surface area contributed by atoms with E-state index in [1.807, 2.05) is 61.2 Å². The molecule has 0 saturated heterocycles. The predicted octanol–water partition coefficient (Wildman–Crippen LogP) is 3.17. The molecule has 0 radical (unpaired) electrons. The SMILES string of the molecule is CNc1ccc(C(=O)N(Cc2ccccc2)C(C)C)cn1. The van der Waals surface area contributed by atoms with Gasteiger partial charge in [0.15, 0.2) is 0 Å². The third-order valence-corrected chi connectivity index (χ3v) is 3.35. The van der Waals surface area contributed by atoms with Crippen molar-refractivity contribution in [2.45, 2.75) is 26.4 Å². The third kappa shape index (κ3) is 3.81. The normalized spacial score (nSPS) is 10.5. The van der Waals surface area contributed by atoms with Gasteiger partial charge in [-0.05, 0) is 31.5 Å². The quantitative estimate of drug-likeness (QED) is 0.916. The Kier molecular flexibility index (Phi) is 4.93. The van der Waals surface area contributed by atoms with Crippen LogP contribution < -0.4 is 5.32 Å². The highest BCUT2D eigenvalue weighted by Crippen LogP contribution is 2.14. The molecule has 2 aromatic rings. The molecule has 0 saturated carbocycles. The van der Waals surface area contributed by atoms with Gasteiger partial charge in [0, 0.05) is 25.8 Å². The Morgan fingerprint density at radius 3 is 2.43 bits per heavy atom. The highest BCUT2D eigenvalue weighted by atomic mass is 16.2. The second-order valence-electron chi connectivity index (χ2n) is 5.19. The summed E-state index contributed by atoms with van der Waals surface area (Å²) in [5.74, 6) is 0.759. The summed E-state index contributed by atoms with van der Waals surface area (Å²) in [5.41, 5.74) is 1.73. The first-order valence-corrected chi connectivity index (χ1v) is 7.10. The molecule has 0 bridgehead atoms. The first-order valence-electron chi connectivity index (χ1n) is 7.10. The molecule has 1 aromatic carbocycles. The van der Waals surface area contributed by atoms with Gasteiger partial charge in [-0.15, -0.1) is 0 Å². The molecular formula is C17H21N3O. The van der Waals surface area contributed by atoms with E-state index in [0.29, 0.717) is 12.1 Å². The summed E-state index contributed by atoms with van der Waals surface area (Å²) in [6.07, 6.45) is 1.62. The van der Waals surface area contributed by atoms with Crippen LogP contribution in [0.5, 0.6) is 0 Å². The maximum absolute atomic E-state index is 12.7. The molecule has 4 nitrogen and oxygen atoms in total. The molecular weight excluding hydrogens is 262 g/mol. The number of aromatic nitrogens is 1. The van der Waals surface area contributed by atoms with Crippen LogP contribution in [-0.2, 0) is 6.54 Å². The van der Waals surface area contributed by atoms with Crippen molar-refractivity contribution in [3.63, 3.8) is 0 Å². The number of amides is 1. The van der Waals surface area contributed by atoms with Crippen LogP contribution in [-0.4, -0.2) is 28.9 Å². The number of benzene rings is 1. The number of hydrogen-bond donors (Lipinski definition) is 1. The summed E-state index contributed by atoms with van der Waals surface area (Å²) in [5, 5.41) is 2.95. The van der Waals surface area contributed by atoms with Crippen LogP contribution in [0, 0.1) is 0 Å². The highest BCUT2D eigenvalue weighted by molar-refractivity contribution is 5.94. The fourth-order valence-corrected chi connectivity index (χ4v) is 2.10. The molecule has 110 valence electrons. The summed E-state index contributed by atoms with van der Waals surface area (Å²) < 4.78 is 0. The lowest BCUT2D eigenvalue weighted by Gasteiger charge is -2.27. The summed E-state index contributed by atoms with van der Waals surface area (Å²) in [6, 6.07) is 13.8. The average Bonchev–Trinajstić information content (AvgIpc) is 2.53. The average molecular weight is 283 g/mol. The largest absolute Gasteiger partial charge is 0.373 e. The molecule has 1 amide bonds. The van der Waals surface area contributed by atoms with E-state index in [0.717, 1.165) is 11.4 Å². The number of rotatable bonds is 5. The Labute approximate surface area is 125 Å². The Morgan fingerprint density at radius 1 is 1.19 bits per heavy atom. The Balaban J connectivity index is 2.18. The van der Waals surface area contributed by atoms with Crippen LogP contribution in [0.25, 0.3) is 0 Å². The van der Waals surface area contributed by atoms with Crippen molar-refractivity contribution in [2.24, 2.45) is 0 Å². The standard InChI is InChI=1S/C17H21N3O/c1-13(2)20(12-14-7-5-4-6-8-14)17(21)15-9-10-16(18-3)19-11-15/h4-11,13H,12H2,1-3H3,(H,18,19). The molecule has 0 unspecified atom stereocenters. The topological polar surface area (TPSA) is 45.2 Å². The van der Waals surface area contributed by atoms with Crippen molar-refractivity contribution in [1.82, 2.24) is 9.88 Å². The summed E-state index contributed by atoms with van der Waals surface area (Å²) in [7, 11) is 1.81. The molecule has 0 spiro atoms. The lowest BCUT2D eigenvalue weighted by molar-refractivity contribution is 0.0690. The highest BCUT2D eigenvalue weighted by Gasteiger charge is 2.19. The molecule has 21 heavy (non-hydrogen) atoms. The van der Waals surface area contributed by atoms with E-state index in [9.17, 15) is 4.79 Å². The van der Waals surface area contributed by atoms with Crippen molar-refractivity contribution in [3.8, 4) is 0 Å². The minimum absolute atomic E-state index is 0.00371. The van der Waals surface area contributed by atoms with E-state index in [1.54, 1.807) is 13.2 Å². The predicted molar refractivity (Wildman–Crippen MR) is 85.2 cm³/mol. The number of carbonyl (C=O) groups excluding carboxylic acids is 1. The van der Waals surface area contributed by atoms with Crippen molar-refractivity contribution in [2.75, 3.05) is 12.4 Å². The number of anilines is 1. The van der Waals surface area contributed by atoms with Gasteiger partial charge in [-0.2, -0.15) is 0 Å². The zero-order valence-electron chi connectivity index (χ0n) is 12.7. The minimum atomic E-state index is 0.00371. The van der Waals surface area contributed by atoms with Gasteiger partial charge in [0.25, 0.3) is 5.91 Å². The van der Waals surface area contributed by atoms with Gasteiger partial charge in [0.05, 0.1) is 5.56 Å². The molecule has 1 heterocycles. The monoisotopic (exact) mass is 283 g/mol. The number of pyridine rings is 1.